The second-order valence-electron chi connectivity index (χ2n) is 8.04. The van der Waals surface area contributed by atoms with Crippen molar-refractivity contribution in [1.82, 2.24) is 4.57 Å². The number of esters is 1. The van der Waals surface area contributed by atoms with Crippen LogP contribution in [0.4, 0.5) is 0 Å². The summed E-state index contributed by atoms with van der Waals surface area (Å²) in [4.78, 5) is 26.0. The molecular weight excluding hydrogens is 514 g/mol. The van der Waals surface area contributed by atoms with Crippen molar-refractivity contribution in [3.63, 3.8) is 0 Å². The maximum absolute atomic E-state index is 13.5. The largest absolute Gasteiger partial charge is 0.497 e. The lowest BCUT2D eigenvalue weighted by molar-refractivity contribution is -0.143. The van der Waals surface area contributed by atoms with E-state index >= 15 is 0 Å². The zero-order chi connectivity index (χ0) is 23.8. The summed E-state index contributed by atoms with van der Waals surface area (Å²) in [6.45, 7) is 0. The van der Waals surface area contributed by atoms with Gasteiger partial charge in [0.25, 0.3) is 5.56 Å². The molecule has 0 fully saturated rings. The van der Waals surface area contributed by atoms with Gasteiger partial charge >= 0.3 is 5.97 Å². The van der Waals surface area contributed by atoms with Crippen molar-refractivity contribution in [2.24, 2.45) is 0 Å². The number of carbonyl (C=O) groups excluding carboxylic acids is 1. The van der Waals surface area contributed by atoms with Crippen molar-refractivity contribution < 1.29 is 14.3 Å². The quantitative estimate of drug-likeness (QED) is 0.300. The van der Waals surface area contributed by atoms with Crippen molar-refractivity contribution in [3.8, 4) is 16.9 Å². The monoisotopic (exact) mass is 535 g/mol. The first-order valence-electron chi connectivity index (χ1n) is 10.8. The van der Waals surface area contributed by atoms with Crippen LogP contribution in [0.3, 0.4) is 0 Å². The number of thioether (sulfide) groups is 1. The predicted molar refractivity (Wildman–Crippen MR) is 139 cm³/mol. The van der Waals surface area contributed by atoms with Crippen molar-refractivity contribution in [1.29, 1.82) is 0 Å². The Kier molecular flexibility index (Phi) is 6.23. The Hall–Kier alpha value is -3.03. The van der Waals surface area contributed by atoms with Crippen LogP contribution in [0.15, 0.2) is 81.0 Å². The molecule has 5 rings (SSSR count). The second kappa shape index (κ2) is 9.31. The first-order chi connectivity index (χ1) is 16.5. The van der Waals surface area contributed by atoms with Gasteiger partial charge in [-0.15, -0.1) is 11.8 Å². The first kappa shape index (κ1) is 22.7. The van der Waals surface area contributed by atoms with E-state index in [4.69, 9.17) is 9.47 Å². The molecule has 0 bridgehead atoms. The topological polar surface area (TPSA) is 57.5 Å². The number of rotatable bonds is 5. The Balaban J connectivity index is 1.76. The molecule has 0 N–H and O–H groups in total. The molecule has 1 aliphatic rings. The zero-order valence-corrected chi connectivity index (χ0v) is 21.1. The third kappa shape index (κ3) is 3.83. The SMILES string of the molecule is COC(=O)[C@@H]1CSc2c(-c3ccc(OC)cc3)c(Cc3cccc4ccccc34)c(Br)c(=O)n21. The van der Waals surface area contributed by atoms with Gasteiger partial charge in [0.05, 0.1) is 23.7 Å². The van der Waals surface area contributed by atoms with E-state index in [-0.39, 0.29) is 5.56 Å². The van der Waals surface area contributed by atoms with Gasteiger partial charge in [-0.2, -0.15) is 0 Å². The summed E-state index contributed by atoms with van der Waals surface area (Å²) in [5, 5.41) is 3.09. The molecule has 2 heterocycles. The molecule has 1 aliphatic heterocycles. The average molecular weight is 536 g/mol. The Morgan fingerprint density at radius 3 is 2.53 bits per heavy atom. The molecule has 1 aromatic heterocycles. The van der Waals surface area contributed by atoms with Crippen LogP contribution in [0, 0.1) is 0 Å². The Labute approximate surface area is 209 Å². The highest BCUT2D eigenvalue weighted by Crippen LogP contribution is 2.44. The summed E-state index contributed by atoms with van der Waals surface area (Å²) in [5.74, 6) is 0.792. The highest BCUT2D eigenvalue weighted by molar-refractivity contribution is 9.10. The number of halogens is 1. The fraction of sp³-hybridized carbons (Fsp3) is 0.185. The lowest BCUT2D eigenvalue weighted by Gasteiger charge is -2.20. The molecule has 4 aromatic rings. The van der Waals surface area contributed by atoms with Gasteiger partial charge in [0, 0.05) is 17.7 Å². The molecule has 5 nitrogen and oxygen atoms in total. The summed E-state index contributed by atoms with van der Waals surface area (Å²) >= 11 is 5.12. The van der Waals surface area contributed by atoms with Crippen LogP contribution in [-0.2, 0) is 16.0 Å². The lowest BCUT2D eigenvalue weighted by Crippen LogP contribution is -2.31. The number of nitrogens with zero attached hydrogens (tertiary/aromatic N) is 1. The van der Waals surface area contributed by atoms with Gasteiger partial charge in [0.1, 0.15) is 11.8 Å². The molecule has 0 saturated heterocycles. The molecule has 34 heavy (non-hydrogen) atoms. The van der Waals surface area contributed by atoms with Crippen LogP contribution < -0.4 is 10.3 Å². The molecule has 0 amide bonds. The van der Waals surface area contributed by atoms with Gasteiger partial charge in [0.2, 0.25) is 0 Å². The van der Waals surface area contributed by atoms with Crippen LogP contribution in [0.25, 0.3) is 21.9 Å². The molecule has 0 unspecified atom stereocenters. The number of carbonyl (C=O) groups is 1. The minimum absolute atomic E-state index is 0.220. The van der Waals surface area contributed by atoms with Crippen LogP contribution in [0.2, 0.25) is 0 Å². The van der Waals surface area contributed by atoms with Gasteiger partial charge in [-0.1, -0.05) is 54.6 Å². The Morgan fingerprint density at radius 2 is 1.79 bits per heavy atom. The van der Waals surface area contributed by atoms with E-state index in [9.17, 15) is 9.59 Å². The molecule has 3 aromatic carbocycles. The molecule has 7 heteroatoms. The maximum atomic E-state index is 13.5. The van der Waals surface area contributed by atoms with E-state index in [1.165, 1.54) is 18.9 Å². The van der Waals surface area contributed by atoms with Gasteiger partial charge in [-0.25, -0.2) is 4.79 Å². The number of pyridine rings is 1. The molecule has 1 atom stereocenters. The Bertz CT molecular complexity index is 1460. The number of benzene rings is 3. The van der Waals surface area contributed by atoms with Crippen molar-refractivity contribution in [2.75, 3.05) is 20.0 Å². The van der Waals surface area contributed by atoms with Crippen molar-refractivity contribution in [2.45, 2.75) is 17.5 Å². The van der Waals surface area contributed by atoms with Gasteiger partial charge in [-0.3, -0.25) is 9.36 Å². The van der Waals surface area contributed by atoms with E-state index in [0.29, 0.717) is 16.6 Å². The van der Waals surface area contributed by atoms with Crippen molar-refractivity contribution >= 4 is 44.4 Å². The first-order valence-corrected chi connectivity index (χ1v) is 12.6. The third-order valence-electron chi connectivity index (χ3n) is 6.19. The summed E-state index contributed by atoms with van der Waals surface area (Å²) in [5.41, 5.74) is 3.71. The highest BCUT2D eigenvalue weighted by atomic mass is 79.9. The molecule has 0 radical (unpaired) electrons. The van der Waals surface area contributed by atoms with E-state index in [1.54, 1.807) is 11.7 Å². The average Bonchev–Trinajstić information content (AvgIpc) is 3.32. The van der Waals surface area contributed by atoms with Crippen LogP contribution >= 0.6 is 27.7 Å². The molecule has 172 valence electrons. The van der Waals surface area contributed by atoms with E-state index in [0.717, 1.165) is 43.8 Å². The van der Waals surface area contributed by atoms with E-state index in [2.05, 4.69) is 40.2 Å². The highest BCUT2D eigenvalue weighted by Gasteiger charge is 2.35. The maximum Gasteiger partial charge on any atom is 0.329 e. The predicted octanol–water partition coefficient (Wildman–Crippen LogP) is 5.85. The summed E-state index contributed by atoms with van der Waals surface area (Å²) in [6.07, 6.45) is 0.565. The standard InChI is InChI=1S/C27H22BrNO4S/c1-32-19-12-10-17(11-13-19)23-21(14-18-8-5-7-16-6-3-4-9-20(16)18)24(28)25(30)29-22(27(31)33-2)15-34-26(23)29/h3-13,22H,14-15H2,1-2H3/t22-/m0/s1. The lowest BCUT2D eigenvalue weighted by atomic mass is 9.93. The van der Waals surface area contributed by atoms with Crippen LogP contribution in [0.5, 0.6) is 5.75 Å². The summed E-state index contributed by atoms with van der Waals surface area (Å²) in [6, 6.07) is 21.6. The second-order valence-corrected chi connectivity index (χ2v) is 9.84. The van der Waals surface area contributed by atoms with Crippen LogP contribution in [0.1, 0.15) is 17.2 Å². The fourth-order valence-corrected chi connectivity index (χ4v) is 6.38. The molecule has 0 aliphatic carbocycles. The number of ether oxygens (including phenoxy) is 2. The smallest absolute Gasteiger partial charge is 0.329 e. The van der Waals surface area contributed by atoms with E-state index in [1.807, 2.05) is 42.5 Å². The molecular formula is C27H22BrNO4S. The minimum Gasteiger partial charge on any atom is -0.497 e. The van der Waals surface area contributed by atoms with E-state index < -0.39 is 12.0 Å². The number of hydrogen-bond acceptors (Lipinski definition) is 5. The summed E-state index contributed by atoms with van der Waals surface area (Å²) < 4.78 is 12.4. The summed E-state index contributed by atoms with van der Waals surface area (Å²) in [7, 11) is 2.98. The zero-order valence-electron chi connectivity index (χ0n) is 18.7. The normalized spacial score (nSPS) is 14.7. The van der Waals surface area contributed by atoms with Gasteiger partial charge in [-0.05, 0) is 55.5 Å². The minimum atomic E-state index is -0.655. The van der Waals surface area contributed by atoms with Crippen molar-refractivity contribution in [3.05, 3.63) is 92.7 Å². The fourth-order valence-electron chi connectivity index (χ4n) is 4.51. The molecule has 0 saturated carbocycles. The number of fused-ring (bicyclic) bond motifs is 2. The number of aromatic nitrogens is 1. The molecule has 0 spiro atoms. The number of hydrogen-bond donors (Lipinski definition) is 0. The van der Waals surface area contributed by atoms with Crippen LogP contribution in [-0.4, -0.2) is 30.5 Å². The van der Waals surface area contributed by atoms with Gasteiger partial charge < -0.3 is 9.47 Å². The third-order valence-corrected chi connectivity index (χ3v) is 8.17. The number of methoxy groups -OCH3 is 2. The Morgan fingerprint density at radius 1 is 1.06 bits per heavy atom. The van der Waals surface area contributed by atoms with Gasteiger partial charge in [0.15, 0.2) is 0 Å².